The van der Waals surface area contributed by atoms with Crippen molar-refractivity contribution >= 4 is 33.2 Å². The first kappa shape index (κ1) is 16.2. The van der Waals surface area contributed by atoms with E-state index in [9.17, 15) is 13.2 Å². The lowest BCUT2D eigenvalue weighted by molar-refractivity contribution is -0.138. The minimum atomic E-state index is -4.35. The van der Waals surface area contributed by atoms with E-state index in [0.717, 1.165) is 16.1 Å². The maximum Gasteiger partial charge on any atom is 0.416 e. The van der Waals surface area contributed by atoms with Crippen molar-refractivity contribution in [2.75, 3.05) is 5.32 Å². The van der Waals surface area contributed by atoms with Crippen LogP contribution >= 0.6 is 27.5 Å². The highest BCUT2D eigenvalue weighted by atomic mass is 79.9. The van der Waals surface area contributed by atoms with Gasteiger partial charge in [-0.25, -0.2) is 0 Å². The predicted octanol–water partition coefficient (Wildman–Crippen LogP) is 6.04. The summed E-state index contributed by atoms with van der Waals surface area (Å²) in [5.74, 6) is 0. The summed E-state index contributed by atoms with van der Waals surface area (Å²) in [4.78, 5) is 0. The summed E-state index contributed by atoms with van der Waals surface area (Å²) in [7, 11) is 0. The van der Waals surface area contributed by atoms with Crippen LogP contribution < -0.4 is 5.32 Å². The van der Waals surface area contributed by atoms with Crippen LogP contribution in [0.3, 0.4) is 0 Å². The Labute approximate surface area is 134 Å². The van der Waals surface area contributed by atoms with Gasteiger partial charge in [0.05, 0.1) is 5.56 Å². The fourth-order valence-electron chi connectivity index (χ4n) is 1.91. The van der Waals surface area contributed by atoms with Gasteiger partial charge in [0.25, 0.3) is 0 Å². The first-order valence-electron chi connectivity index (χ1n) is 6.13. The van der Waals surface area contributed by atoms with Gasteiger partial charge < -0.3 is 5.32 Å². The van der Waals surface area contributed by atoms with E-state index in [1.54, 1.807) is 24.3 Å². The third kappa shape index (κ3) is 4.14. The molecule has 0 aliphatic rings. The van der Waals surface area contributed by atoms with Crippen molar-refractivity contribution in [1.29, 1.82) is 0 Å². The molecule has 0 bridgehead atoms. The SMILES string of the molecule is Cc1ccc(NCc2cc(Cl)ccc2Br)cc1C(F)(F)F. The molecule has 112 valence electrons. The molecular formula is C15H12BrClF3N. The zero-order valence-corrected chi connectivity index (χ0v) is 13.4. The second-order valence-electron chi connectivity index (χ2n) is 4.62. The van der Waals surface area contributed by atoms with E-state index >= 15 is 0 Å². The molecule has 0 radical (unpaired) electrons. The van der Waals surface area contributed by atoms with Gasteiger partial charge in [0.2, 0.25) is 0 Å². The van der Waals surface area contributed by atoms with E-state index in [1.165, 1.54) is 13.0 Å². The molecule has 1 N–H and O–H groups in total. The number of benzene rings is 2. The molecule has 0 aliphatic heterocycles. The summed E-state index contributed by atoms with van der Waals surface area (Å²) < 4.78 is 39.4. The molecule has 0 spiro atoms. The van der Waals surface area contributed by atoms with Gasteiger partial charge in [-0.1, -0.05) is 33.6 Å². The third-order valence-electron chi connectivity index (χ3n) is 3.03. The quantitative estimate of drug-likeness (QED) is 0.686. The fourth-order valence-corrected chi connectivity index (χ4v) is 2.49. The summed E-state index contributed by atoms with van der Waals surface area (Å²) in [5, 5.41) is 3.56. The van der Waals surface area contributed by atoms with E-state index in [-0.39, 0.29) is 5.56 Å². The molecule has 1 nitrogen and oxygen atoms in total. The van der Waals surface area contributed by atoms with Crippen LogP contribution in [0.25, 0.3) is 0 Å². The summed E-state index contributed by atoms with van der Waals surface area (Å²) >= 11 is 9.29. The van der Waals surface area contributed by atoms with Crippen LogP contribution in [0.15, 0.2) is 40.9 Å². The molecule has 0 unspecified atom stereocenters. The topological polar surface area (TPSA) is 12.0 Å². The molecule has 0 heterocycles. The lowest BCUT2D eigenvalue weighted by atomic mass is 10.1. The second-order valence-corrected chi connectivity index (χ2v) is 5.91. The van der Waals surface area contributed by atoms with Gasteiger partial charge >= 0.3 is 6.18 Å². The van der Waals surface area contributed by atoms with Crippen LogP contribution in [0, 0.1) is 6.92 Å². The van der Waals surface area contributed by atoms with Gasteiger partial charge in [0, 0.05) is 21.7 Å². The van der Waals surface area contributed by atoms with Crippen molar-refractivity contribution in [2.24, 2.45) is 0 Å². The van der Waals surface area contributed by atoms with E-state index in [2.05, 4.69) is 21.2 Å². The lowest BCUT2D eigenvalue weighted by Crippen LogP contribution is -2.09. The predicted molar refractivity (Wildman–Crippen MR) is 82.7 cm³/mol. The minimum Gasteiger partial charge on any atom is -0.381 e. The zero-order chi connectivity index (χ0) is 15.6. The molecule has 0 saturated carbocycles. The van der Waals surface area contributed by atoms with Crippen LogP contribution in [0.5, 0.6) is 0 Å². The first-order chi connectivity index (χ1) is 9.77. The van der Waals surface area contributed by atoms with Gasteiger partial charge in [0.1, 0.15) is 0 Å². The van der Waals surface area contributed by atoms with E-state index < -0.39 is 11.7 Å². The van der Waals surface area contributed by atoms with E-state index in [0.29, 0.717) is 17.3 Å². The molecule has 0 amide bonds. The molecule has 0 atom stereocenters. The summed E-state index contributed by atoms with van der Waals surface area (Å²) in [5.41, 5.74) is 0.867. The van der Waals surface area contributed by atoms with Gasteiger partial charge in [0.15, 0.2) is 0 Å². The van der Waals surface area contributed by atoms with Crippen LogP contribution in [0.4, 0.5) is 18.9 Å². The maximum absolute atomic E-state index is 12.9. The molecule has 6 heteroatoms. The Morgan fingerprint density at radius 2 is 1.86 bits per heavy atom. The van der Waals surface area contributed by atoms with Crippen LogP contribution in [-0.4, -0.2) is 0 Å². The number of alkyl halides is 3. The van der Waals surface area contributed by atoms with Crippen molar-refractivity contribution in [3.63, 3.8) is 0 Å². The summed E-state index contributed by atoms with van der Waals surface area (Å²) in [6, 6.07) is 9.50. The lowest BCUT2D eigenvalue weighted by Gasteiger charge is -2.14. The van der Waals surface area contributed by atoms with Crippen LogP contribution in [0.2, 0.25) is 5.02 Å². The molecule has 0 saturated heterocycles. The smallest absolute Gasteiger partial charge is 0.381 e. The molecule has 0 aromatic heterocycles. The summed E-state index contributed by atoms with van der Waals surface area (Å²) in [6.45, 7) is 1.82. The highest BCUT2D eigenvalue weighted by Crippen LogP contribution is 2.33. The maximum atomic E-state index is 12.9. The van der Waals surface area contributed by atoms with E-state index in [1.807, 2.05) is 0 Å². The Balaban J connectivity index is 2.19. The normalized spacial score (nSPS) is 11.5. The molecular weight excluding hydrogens is 367 g/mol. The Hall–Kier alpha value is -1.20. The average Bonchev–Trinajstić information content (AvgIpc) is 2.40. The molecule has 21 heavy (non-hydrogen) atoms. The Kier molecular flexibility index (Phi) is 4.84. The summed E-state index contributed by atoms with van der Waals surface area (Å²) in [6.07, 6.45) is -4.35. The number of aryl methyl sites for hydroxylation is 1. The minimum absolute atomic E-state index is 0.206. The zero-order valence-electron chi connectivity index (χ0n) is 11.1. The number of anilines is 1. The molecule has 2 aromatic carbocycles. The highest BCUT2D eigenvalue weighted by molar-refractivity contribution is 9.10. The number of halogens is 5. The molecule has 0 fully saturated rings. The molecule has 0 aliphatic carbocycles. The van der Waals surface area contributed by atoms with Crippen LogP contribution in [0.1, 0.15) is 16.7 Å². The number of nitrogens with one attached hydrogen (secondary N) is 1. The van der Waals surface area contributed by atoms with E-state index in [4.69, 9.17) is 11.6 Å². The monoisotopic (exact) mass is 377 g/mol. The molecule has 2 aromatic rings. The first-order valence-corrected chi connectivity index (χ1v) is 7.30. The fraction of sp³-hybridized carbons (Fsp3) is 0.200. The Morgan fingerprint density at radius 3 is 2.52 bits per heavy atom. The Morgan fingerprint density at radius 1 is 1.14 bits per heavy atom. The van der Waals surface area contributed by atoms with Crippen molar-refractivity contribution in [1.82, 2.24) is 0 Å². The van der Waals surface area contributed by atoms with Crippen LogP contribution in [-0.2, 0) is 12.7 Å². The number of hydrogen-bond acceptors (Lipinski definition) is 1. The third-order valence-corrected chi connectivity index (χ3v) is 4.04. The standard InChI is InChI=1S/C15H12BrClF3N/c1-9-2-4-12(7-13(9)15(18,19)20)21-8-10-6-11(17)3-5-14(10)16/h2-7,21H,8H2,1H3. The Bertz CT molecular complexity index is 656. The van der Waals surface area contributed by atoms with Gasteiger partial charge in [-0.05, 0) is 48.4 Å². The highest BCUT2D eigenvalue weighted by Gasteiger charge is 2.32. The van der Waals surface area contributed by atoms with Gasteiger partial charge in [-0.3, -0.25) is 0 Å². The largest absolute Gasteiger partial charge is 0.416 e. The molecule has 2 rings (SSSR count). The second kappa shape index (κ2) is 6.28. The van der Waals surface area contributed by atoms with Crippen molar-refractivity contribution in [2.45, 2.75) is 19.6 Å². The number of rotatable bonds is 3. The van der Waals surface area contributed by atoms with Crippen molar-refractivity contribution in [3.05, 3.63) is 62.6 Å². The number of hydrogen-bond donors (Lipinski definition) is 1. The van der Waals surface area contributed by atoms with Gasteiger partial charge in [-0.15, -0.1) is 0 Å². The average molecular weight is 379 g/mol. The van der Waals surface area contributed by atoms with Gasteiger partial charge in [-0.2, -0.15) is 13.2 Å². The van der Waals surface area contributed by atoms with Crippen molar-refractivity contribution in [3.8, 4) is 0 Å². The van der Waals surface area contributed by atoms with Crippen molar-refractivity contribution < 1.29 is 13.2 Å².